The van der Waals surface area contributed by atoms with Crippen LogP contribution < -0.4 is 18.9 Å². The number of hydrogen-bond donors (Lipinski definition) is 0. The third-order valence-corrected chi connectivity index (χ3v) is 11.6. The van der Waals surface area contributed by atoms with Crippen LogP contribution in [-0.2, 0) is 41.7 Å². The van der Waals surface area contributed by atoms with E-state index in [0.29, 0.717) is 36.8 Å². The summed E-state index contributed by atoms with van der Waals surface area (Å²) in [6.45, 7) is 0. The van der Waals surface area contributed by atoms with Crippen molar-refractivity contribution in [2.24, 2.45) is 11.8 Å². The first-order valence-corrected chi connectivity index (χ1v) is 19.3. The Morgan fingerprint density at radius 3 is 1.29 bits per heavy atom. The Labute approximate surface area is 333 Å². The summed E-state index contributed by atoms with van der Waals surface area (Å²) in [5.74, 6) is -5.80. The topological polar surface area (TPSA) is 233 Å². The number of nitro groups is 2. The summed E-state index contributed by atoms with van der Waals surface area (Å²) >= 11 is 0. The lowest BCUT2D eigenvalue weighted by atomic mass is 9.81. The molecule has 2 unspecified atom stereocenters. The molecule has 19 nitrogen and oxygen atoms in total. The minimum absolute atomic E-state index is 0.124. The molecule has 0 N–H and O–H groups in total. The second-order valence-corrected chi connectivity index (χ2v) is 14.9. The first kappa shape index (κ1) is 41.6. The average Bonchev–Trinajstić information content (AvgIpc) is 3.63. The van der Waals surface area contributed by atoms with Crippen molar-refractivity contribution >= 4 is 41.2 Å². The molecule has 0 bridgehead atoms. The summed E-state index contributed by atoms with van der Waals surface area (Å²) in [5, 5.41) is 25.4. The molecule has 2 atom stereocenters. The summed E-state index contributed by atoms with van der Waals surface area (Å²) < 4.78 is 22.2. The van der Waals surface area contributed by atoms with Crippen LogP contribution in [0.1, 0.15) is 111 Å². The molecule has 4 amide bonds. The molecule has 19 heteroatoms. The van der Waals surface area contributed by atoms with Crippen LogP contribution in [0.2, 0.25) is 0 Å². The minimum Gasteiger partial charge on any atom is -0.493 e. The summed E-state index contributed by atoms with van der Waals surface area (Å²) in [7, 11) is 5.55. The van der Waals surface area contributed by atoms with Gasteiger partial charge in [-0.25, -0.2) is 0 Å². The van der Waals surface area contributed by atoms with E-state index in [1.165, 1.54) is 40.6 Å². The Morgan fingerprint density at radius 1 is 0.621 bits per heavy atom. The number of benzene rings is 2. The summed E-state index contributed by atoms with van der Waals surface area (Å²) in [5.41, 5.74) is 0.482. The van der Waals surface area contributed by atoms with E-state index in [2.05, 4.69) is 0 Å². The van der Waals surface area contributed by atoms with Gasteiger partial charge in [0.1, 0.15) is 0 Å². The molecule has 2 aromatic rings. The van der Waals surface area contributed by atoms with Gasteiger partial charge in [0.15, 0.2) is 23.0 Å². The summed E-state index contributed by atoms with van der Waals surface area (Å²) in [4.78, 5) is 99.8. The zero-order valence-electron chi connectivity index (χ0n) is 32.8. The number of ether oxygens (including phenoxy) is 4. The number of amides is 4. The van der Waals surface area contributed by atoms with Gasteiger partial charge in [0, 0.05) is 24.0 Å². The van der Waals surface area contributed by atoms with E-state index in [-0.39, 0.29) is 80.3 Å². The van der Waals surface area contributed by atoms with Crippen molar-refractivity contribution in [1.29, 1.82) is 0 Å². The van der Waals surface area contributed by atoms with Crippen LogP contribution >= 0.6 is 0 Å². The fourth-order valence-corrected chi connectivity index (χ4v) is 8.96. The first-order chi connectivity index (χ1) is 27.8. The molecular weight excluding hydrogens is 764 g/mol. The monoisotopic (exact) mass is 810 g/mol. The van der Waals surface area contributed by atoms with Crippen molar-refractivity contribution in [2.75, 3.05) is 28.4 Å². The number of nitrogens with zero attached hydrogens (tertiary/aromatic N) is 4. The van der Waals surface area contributed by atoms with E-state index < -0.39 is 64.3 Å². The number of carbonyl (C=O) groups excluding carboxylic acids is 5. The van der Waals surface area contributed by atoms with Gasteiger partial charge in [0.2, 0.25) is 0 Å². The van der Waals surface area contributed by atoms with Crippen molar-refractivity contribution in [3.63, 3.8) is 0 Å². The lowest BCUT2D eigenvalue weighted by molar-refractivity contribution is -0.386. The molecule has 312 valence electrons. The highest BCUT2D eigenvalue weighted by Crippen LogP contribution is 2.51. The number of imide groups is 2. The minimum atomic E-state index is -1.75. The number of rotatable bonds is 14. The zero-order valence-corrected chi connectivity index (χ0v) is 32.8. The van der Waals surface area contributed by atoms with E-state index >= 15 is 0 Å². The van der Waals surface area contributed by atoms with Gasteiger partial charge < -0.3 is 18.9 Å². The maximum Gasteiger partial charge on any atom is 0.560 e. The van der Waals surface area contributed by atoms with E-state index in [1.807, 2.05) is 0 Å². The predicted octanol–water partition coefficient (Wildman–Crippen LogP) is 6.15. The number of nitro benzene ring substituents is 2. The molecule has 0 aromatic heterocycles. The quantitative estimate of drug-likeness (QED) is 0.118. The lowest BCUT2D eigenvalue weighted by Gasteiger charge is -2.25. The van der Waals surface area contributed by atoms with E-state index in [9.17, 15) is 44.2 Å². The van der Waals surface area contributed by atoms with Crippen LogP contribution in [0.25, 0.3) is 0 Å². The highest BCUT2D eigenvalue weighted by atomic mass is 16.9. The van der Waals surface area contributed by atoms with E-state index in [1.54, 1.807) is 0 Å². The molecule has 2 aromatic carbocycles. The second kappa shape index (κ2) is 17.6. The van der Waals surface area contributed by atoms with Gasteiger partial charge in [-0.1, -0.05) is 48.7 Å². The fraction of sp³-hybridized carbons (Fsp3) is 0.564. The standard InChI is InChI=1S/C39H46N4O15/c1-53-27-17-23(33(42(49)50)31(35(27)55-3)21-11-7-5-8-12-21)15-25-19-29(44)40(37(25)46)57-39(48)58-41-30(45)20-26(38(41)47)16-24-18-28(54-2)36(56-4)32(34(24)43(51)52)22-13-9-6-10-14-22/h17-18,21-22,25-26H,5-16,19-20H2,1-4H3. The SMILES string of the molecule is COc1cc(CC2CC(=O)N(OC(=O)ON3C(=O)CC(Cc4cc(OC)c(OC)c(C5CCCCC5)c4[N+](=O)[O-])C3=O)C2=O)c([N+](=O)[O-])c(C2CCCCC2)c1OC. The number of hydrogen-bond acceptors (Lipinski definition) is 15. The molecule has 2 heterocycles. The second-order valence-electron chi connectivity index (χ2n) is 14.9. The molecular formula is C39H46N4O15. The Bertz CT molecular complexity index is 1870. The predicted molar refractivity (Wildman–Crippen MR) is 199 cm³/mol. The van der Waals surface area contributed by atoms with Gasteiger partial charge in [-0.2, -0.15) is 4.79 Å². The molecule has 4 fully saturated rings. The fourth-order valence-electron chi connectivity index (χ4n) is 8.96. The third kappa shape index (κ3) is 8.06. The highest BCUT2D eigenvalue weighted by Gasteiger charge is 2.47. The maximum atomic E-state index is 13.5. The van der Waals surface area contributed by atoms with Gasteiger partial charge in [-0.3, -0.25) is 49.1 Å². The molecule has 2 saturated carbocycles. The molecule has 6 rings (SSSR count). The van der Waals surface area contributed by atoms with Crippen LogP contribution in [-0.4, -0.2) is 78.2 Å². The molecule has 2 aliphatic carbocycles. The maximum absolute atomic E-state index is 13.5. The van der Waals surface area contributed by atoms with Crippen molar-refractivity contribution in [3.8, 4) is 23.0 Å². The third-order valence-electron chi connectivity index (χ3n) is 11.6. The van der Waals surface area contributed by atoms with Gasteiger partial charge in [-0.15, -0.1) is 0 Å². The van der Waals surface area contributed by atoms with Crippen molar-refractivity contribution < 1.29 is 62.4 Å². The number of carbonyl (C=O) groups is 5. The van der Waals surface area contributed by atoms with Crippen LogP contribution in [0, 0.1) is 32.1 Å². The number of methoxy groups -OCH3 is 4. The number of hydroxylamine groups is 4. The normalized spacial score (nSPS) is 20.3. The van der Waals surface area contributed by atoms with Gasteiger partial charge in [0.05, 0.1) is 61.2 Å². The van der Waals surface area contributed by atoms with Gasteiger partial charge in [-0.05, 0) is 62.5 Å². The van der Waals surface area contributed by atoms with Crippen molar-refractivity contribution in [3.05, 3.63) is 54.6 Å². The Kier molecular flexibility index (Phi) is 12.7. The highest BCUT2D eigenvalue weighted by molar-refractivity contribution is 6.04. The Hall–Kier alpha value is -6.01. The van der Waals surface area contributed by atoms with Gasteiger partial charge in [0.25, 0.3) is 35.0 Å². The lowest BCUT2D eigenvalue weighted by Crippen LogP contribution is -2.39. The molecule has 2 aliphatic heterocycles. The molecule has 2 saturated heterocycles. The molecule has 0 radical (unpaired) electrons. The zero-order chi connectivity index (χ0) is 41.8. The Balaban J connectivity index is 1.17. The average molecular weight is 811 g/mol. The van der Waals surface area contributed by atoms with Gasteiger partial charge >= 0.3 is 6.16 Å². The summed E-state index contributed by atoms with van der Waals surface area (Å²) in [6, 6.07) is 2.79. The van der Waals surface area contributed by atoms with E-state index in [0.717, 1.165) is 38.5 Å². The molecule has 0 spiro atoms. The smallest absolute Gasteiger partial charge is 0.493 e. The van der Waals surface area contributed by atoms with Crippen LogP contribution in [0.15, 0.2) is 12.1 Å². The largest absolute Gasteiger partial charge is 0.560 e. The molecule has 58 heavy (non-hydrogen) atoms. The van der Waals surface area contributed by atoms with Crippen LogP contribution in [0.4, 0.5) is 16.2 Å². The Morgan fingerprint density at radius 2 is 0.983 bits per heavy atom. The van der Waals surface area contributed by atoms with Crippen LogP contribution in [0.3, 0.4) is 0 Å². The molecule has 4 aliphatic rings. The van der Waals surface area contributed by atoms with Crippen molar-refractivity contribution in [1.82, 2.24) is 10.1 Å². The summed E-state index contributed by atoms with van der Waals surface area (Å²) in [6.07, 6.45) is 4.93. The van der Waals surface area contributed by atoms with Crippen molar-refractivity contribution in [2.45, 2.75) is 102 Å². The van der Waals surface area contributed by atoms with E-state index in [4.69, 9.17) is 28.6 Å². The first-order valence-electron chi connectivity index (χ1n) is 19.3. The van der Waals surface area contributed by atoms with Crippen LogP contribution in [0.5, 0.6) is 23.0 Å².